The molecule has 1 aromatic heterocycles. The molecule has 0 radical (unpaired) electrons. The molecule has 124 valence electrons. The highest BCUT2D eigenvalue weighted by molar-refractivity contribution is 6.42. The number of hydrogen-bond acceptors (Lipinski definition) is 5. The molecule has 2 N–H and O–H groups in total. The van der Waals surface area contributed by atoms with Crippen LogP contribution in [-0.4, -0.2) is 21.2 Å². The maximum absolute atomic E-state index is 12.2. The van der Waals surface area contributed by atoms with Gasteiger partial charge in [0.25, 0.3) is 17.2 Å². The van der Waals surface area contributed by atoms with Crippen LogP contribution in [0.25, 0.3) is 0 Å². The minimum absolute atomic E-state index is 0.145. The normalized spacial score (nSPS) is 10.4. The van der Waals surface area contributed by atoms with Crippen molar-refractivity contribution in [3.05, 3.63) is 72.1 Å². The molecule has 1 heterocycles. The van der Waals surface area contributed by atoms with Crippen molar-refractivity contribution < 1.29 is 14.5 Å². The van der Waals surface area contributed by atoms with E-state index >= 15 is 0 Å². The summed E-state index contributed by atoms with van der Waals surface area (Å²) in [6, 6.07) is 4.88. The number of rotatable bonds is 5. The van der Waals surface area contributed by atoms with Gasteiger partial charge in [0.1, 0.15) is 5.56 Å². The van der Waals surface area contributed by atoms with Gasteiger partial charge in [0, 0.05) is 11.6 Å². The van der Waals surface area contributed by atoms with Gasteiger partial charge in [-0.1, -0.05) is 23.2 Å². The zero-order valence-corrected chi connectivity index (χ0v) is 13.4. The van der Waals surface area contributed by atoms with E-state index in [-0.39, 0.29) is 15.6 Å². The van der Waals surface area contributed by atoms with Crippen LogP contribution in [0.3, 0.4) is 0 Å². The number of nitrogens with two attached hydrogens (primary N) is 1. The van der Waals surface area contributed by atoms with Gasteiger partial charge in [-0.05, 0) is 18.2 Å². The lowest BCUT2D eigenvalue weighted by atomic mass is 10.1. The van der Waals surface area contributed by atoms with E-state index in [1.54, 1.807) is 0 Å². The van der Waals surface area contributed by atoms with Crippen LogP contribution in [0.5, 0.6) is 0 Å². The van der Waals surface area contributed by atoms with Crippen molar-refractivity contribution >= 4 is 40.6 Å². The number of pyridine rings is 1. The lowest BCUT2D eigenvalue weighted by Crippen LogP contribution is -2.31. The van der Waals surface area contributed by atoms with Gasteiger partial charge in [0.2, 0.25) is 0 Å². The Morgan fingerprint density at radius 3 is 2.42 bits per heavy atom. The predicted molar refractivity (Wildman–Crippen MR) is 86.7 cm³/mol. The molecule has 2 aromatic rings. The molecule has 0 aliphatic carbocycles. The number of aromatic nitrogens is 1. The maximum atomic E-state index is 12.2. The maximum Gasteiger partial charge on any atom is 0.286 e. The highest BCUT2D eigenvalue weighted by Crippen LogP contribution is 2.23. The van der Waals surface area contributed by atoms with E-state index < -0.39 is 40.0 Å². The lowest BCUT2D eigenvalue weighted by Gasteiger charge is -2.07. The summed E-state index contributed by atoms with van der Waals surface area (Å²) in [5.41, 5.74) is 3.18. The minimum Gasteiger partial charge on any atom is -0.365 e. The van der Waals surface area contributed by atoms with Crippen LogP contribution >= 0.6 is 23.2 Å². The lowest BCUT2D eigenvalue weighted by molar-refractivity contribution is -0.385. The van der Waals surface area contributed by atoms with Gasteiger partial charge in [-0.2, -0.15) is 0 Å². The number of Topliss-reactive ketones (excluding diaryl/α,β-unsaturated/α-hetero) is 1. The molecule has 0 fully saturated rings. The number of carbonyl (C=O) groups excluding carboxylic acids is 2. The standard InChI is InChI=1S/C14H9Cl2N3O5/c15-10-2-1-7(3-11(10)16)12(20)6-18-5-8(19(23)24)4-9(13(17)21)14(18)22/h1-5H,6H2,(H2,17,21). The zero-order valence-electron chi connectivity index (χ0n) is 11.9. The fourth-order valence-corrected chi connectivity index (χ4v) is 2.23. The Morgan fingerprint density at radius 1 is 1.21 bits per heavy atom. The van der Waals surface area contributed by atoms with Crippen molar-refractivity contribution in [2.45, 2.75) is 6.54 Å². The third-order valence-corrected chi connectivity index (χ3v) is 3.84. The molecular weight excluding hydrogens is 361 g/mol. The second-order valence-corrected chi connectivity index (χ2v) is 5.53. The van der Waals surface area contributed by atoms with Crippen molar-refractivity contribution in [1.29, 1.82) is 0 Å². The van der Waals surface area contributed by atoms with E-state index in [4.69, 9.17) is 28.9 Å². The number of benzene rings is 1. The van der Waals surface area contributed by atoms with Gasteiger partial charge in [-0.15, -0.1) is 0 Å². The first kappa shape index (κ1) is 17.6. The number of halogens is 2. The predicted octanol–water partition coefficient (Wildman–Crippen LogP) is 2.05. The molecule has 1 amide bonds. The summed E-state index contributed by atoms with van der Waals surface area (Å²) >= 11 is 11.6. The van der Waals surface area contributed by atoms with Crippen LogP contribution in [0.4, 0.5) is 5.69 Å². The Hall–Kier alpha value is -2.71. The third kappa shape index (κ3) is 3.61. The molecule has 2 rings (SSSR count). The molecule has 10 heteroatoms. The van der Waals surface area contributed by atoms with Gasteiger partial charge in [0.05, 0.1) is 27.7 Å². The summed E-state index contributed by atoms with van der Waals surface area (Å²) in [4.78, 5) is 45.7. The zero-order chi connectivity index (χ0) is 18.0. The number of nitrogens with zero attached hydrogens (tertiary/aromatic N) is 2. The molecular formula is C14H9Cl2N3O5. The van der Waals surface area contributed by atoms with Gasteiger partial charge < -0.3 is 10.3 Å². The van der Waals surface area contributed by atoms with Crippen LogP contribution < -0.4 is 11.3 Å². The number of hydrogen-bond donors (Lipinski definition) is 1. The minimum atomic E-state index is -1.13. The van der Waals surface area contributed by atoms with Crippen LogP contribution in [0, 0.1) is 10.1 Å². The molecule has 0 atom stereocenters. The first-order valence-electron chi connectivity index (χ1n) is 6.37. The number of amides is 1. The van der Waals surface area contributed by atoms with E-state index in [0.29, 0.717) is 0 Å². The van der Waals surface area contributed by atoms with Crippen LogP contribution in [0.1, 0.15) is 20.7 Å². The average Bonchev–Trinajstić information content (AvgIpc) is 2.51. The number of primary amides is 1. The Labute approximate surface area is 144 Å². The van der Waals surface area contributed by atoms with Gasteiger partial charge in [-0.3, -0.25) is 24.5 Å². The molecule has 8 nitrogen and oxygen atoms in total. The quantitative estimate of drug-likeness (QED) is 0.490. The van der Waals surface area contributed by atoms with E-state index in [1.165, 1.54) is 18.2 Å². The second kappa shape index (κ2) is 6.81. The fraction of sp³-hybridized carbons (Fsp3) is 0.0714. The fourth-order valence-electron chi connectivity index (χ4n) is 1.93. The molecule has 0 saturated heterocycles. The summed E-state index contributed by atoms with van der Waals surface area (Å²) in [5, 5.41) is 11.3. The summed E-state index contributed by atoms with van der Waals surface area (Å²) in [6.07, 6.45) is 0.865. The molecule has 0 saturated carbocycles. The SMILES string of the molecule is NC(=O)c1cc([N+](=O)[O-])cn(CC(=O)c2ccc(Cl)c(Cl)c2)c1=O. The summed E-state index contributed by atoms with van der Waals surface area (Å²) in [7, 11) is 0. The van der Waals surface area contributed by atoms with E-state index in [0.717, 1.165) is 16.8 Å². The molecule has 0 aliphatic heterocycles. The van der Waals surface area contributed by atoms with Crippen LogP contribution in [-0.2, 0) is 6.54 Å². The van der Waals surface area contributed by atoms with Crippen molar-refractivity contribution in [3.63, 3.8) is 0 Å². The first-order chi connectivity index (χ1) is 11.2. The molecule has 1 aromatic carbocycles. The molecule has 0 aliphatic rings. The van der Waals surface area contributed by atoms with Crippen LogP contribution in [0.2, 0.25) is 10.0 Å². The largest absolute Gasteiger partial charge is 0.365 e. The van der Waals surface area contributed by atoms with Crippen molar-refractivity contribution in [2.24, 2.45) is 5.73 Å². The molecule has 24 heavy (non-hydrogen) atoms. The summed E-state index contributed by atoms with van der Waals surface area (Å²) in [5.74, 6) is -1.67. The Balaban J connectivity index is 2.46. The van der Waals surface area contributed by atoms with Crippen molar-refractivity contribution in [3.8, 4) is 0 Å². The second-order valence-electron chi connectivity index (χ2n) is 4.72. The Bertz CT molecular complexity index is 923. The van der Waals surface area contributed by atoms with Crippen LogP contribution in [0.15, 0.2) is 35.3 Å². The van der Waals surface area contributed by atoms with Gasteiger partial charge in [0.15, 0.2) is 5.78 Å². The van der Waals surface area contributed by atoms with Crippen molar-refractivity contribution in [1.82, 2.24) is 4.57 Å². The highest BCUT2D eigenvalue weighted by atomic mass is 35.5. The highest BCUT2D eigenvalue weighted by Gasteiger charge is 2.19. The molecule has 0 unspecified atom stereocenters. The number of nitro groups is 1. The smallest absolute Gasteiger partial charge is 0.286 e. The Morgan fingerprint density at radius 2 is 1.88 bits per heavy atom. The molecule has 0 spiro atoms. The number of ketones is 1. The summed E-state index contributed by atoms with van der Waals surface area (Å²) < 4.78 is 0.753. The number of carbonyl (C=O) groups is 2. The average molecular weight is 370 g/mol. The topological polar surface area (TPSA) is 125 Å². The monoisotopic (exact) mass is 369 g/mol. The van der Waals surface area contributed by atoms with E-state index in [1.807, 2.05) is 0 Å². The molecule has 0 bridgehead atoms. The van der Waals surface area contributed by atoms with E-state index in [9.17, 15) is 24.5 Å². The van der Waals surface area contributed by atoms with Gasteiger partial charge in [-0.25, -0.2) is 0 Å². The van der Waals surface area contributed by atoms with E-state index in [2.05, 4.69) is 0 Å². The first-order valence-corrected chi connectivity index (χ1v) is 7.13. The van der Waals surface area contributed by atoms with Crippen molar-refractivity contribution in [2.75, 3.05) is 0 Å². The third-order valence-electron chi connectivity index (χ3n) is 3.10. The summed E-state index contributed by atoms with van der Waals surface area (Å²) in [6.45, 7) is -0.529. The Kier molecular flexibility index (Phi) is 5.01. The van der Waals surface area contributed by atoms with Gasteiger partial charge >= 0.3 is 0 Å².